The summed E-state index contributed by atoms with van der Waals surface area (Å²) in [6.45, 7) is 7.79. The van der Waals surface area contributed by atoms with Crippen molar-refractivity contribution < 1.29 is 4.79 Å². The van der Waals surface area contributed by atoms with Gasteiger partial charge in [-0.25, -0.2) is 4.98 Å². The Bertz CT molecular complexity index is 503. The summed E-state index contributed by atoms with van der Waals surface area (Å²) in [5, 5.41) is 2.95. The van der Waals surface area contributed by atoms with Crippen molar-refractivity contribution in [1.82, 2.24) is 15.3 Å². The Morgan fingerprint density at radius 2 is 1.96 bits per heavy atom. The van der Waals surface area contributed by atoms with Gasteiger partial charge in [0.15, 0.2) is 0 Å². The number of nitrogens with zero attached hydrogens (tertiary/aromatic N) is 2. The molecule has 1 heterocycles. The molecule has 1 aromatic heterocycles. The number of hydrogen-bond acceptors (Lipinski definition) is 3. The Balaban J connectivity index is 1.60. The molecule has 2 rings (SSSR count). The van der Waals surface area contributed by atoms with Crippen LogP contribution in [0.25, 0.3) is 0 Å². The normalized spacial score (nSPS) is 21.9. The van der Waals surface area contributed by atoms with Crippen molar-refractivity contribution in [3.63, 3.8) is 0 Å². The van der Waals surface area contributed by atoms with Crippen LogP contribution in [0.3, 0.4) is 0 Å². The lowest BCUT2D eigenvalue weighted by Gasteiger charge is -2.31. The highest BCUT2D eigenvalue weighted by atomic mass is 16.1. The summed E-state index contributed by atoms with van der Waals surface area (Å²) in [4.78, 5) is 19.9. The first kappa shape index (κ1) is 19.9. The van der Waals surface area contributed by atoms with E-state index in [4.69, 9.17) is 0 Å². The predicted octanol–water partition coefficient (Wildman–Crippen LogP) is 4.87. The SMILES string of the molecule is CC(C)CC1CCCC(CC(C)CCCNC(=O)c2cnccn2)C1. The largest absolute Gasteiger partial charge is 0.351 e. The molecule has 0 saturated heterocycles. The quantitative estimate of drug-likeness (QED) is 0.650. The molecule has 1 aromatic rings. The molecule has 4 heteroatoms. The molecule has 1 fully saturated rings. The van der Waals surface area contributed by atoms with Crippen LogP contribution in [0.2, 0.25) is 0 Å². The first-order valence-corrected chi connectivity index (χ1v) is 10.1. The highest BCUT2D eigenvalue weighted by Gasteiger charge is 2.23. The molecule has 1 N–H and O–H groups in total. The summed E-state index contributed by atoms with van der Waals surface area (Å²) < 4.78 is 0. The van der Waals surface area contributed by atoms with Gasteiger partial charge in [-0.15, -0.1) is 0 Å². The number of rotatable bonds is 9. The summed E-state index contributed by atoms with van der Waals surface area (Å²) in [7, 11) is 0. The minimum Gasteiger partial charge on any atom is -0.351 e. The molecule has 1 aliphatic rings. The van der Waals surface area contributed by atoms with E-state index >= 15 is 0 Å². The van der Waals surface area contributed by atoms with Crippen LogP contribution in [0.4, 0.5) is 0 Å². The molecule has 1 aliphatic carbocycles. The van der Waals surface area contributed by atoms with Crippen LogP contribution < -0.4 is 5.32 Å². The Kier molecular flexibility index (Phi) is 8.36. The Morgan fingerprint density at radius 1 is 1.20 bits per heavy atom. The van der Waals surface area contributed by atoms with Gasteiger partial charge in [0, 0.05) is 18.9 Å². The molecule has 0 radical (unpaired) electrons. The molecule has 25 heavy (non-hydrogen) atoms. The van der Waals surface area contributed by atoms with Gasteiger partial charge in [0.2, 0.25) is 0 Å². The zero-order valence-electron chi connectivity index (χ0n) is 16.2. The Hall–Kier alpha value is -1.45. The molecule has 1 amide bonds. The second kappa shape index (κ2) is 10.5. The van der Waals surface area contributed by atoms with Crippen molar-refractivity contribution in [2.45, 2.75) is 72.1 Å². The van der Waals surface area contributed by atoms with E-state index in [2.05, 4.69) is 36.1 Å². The van der Waals surface area contributed by atoms with Crippen LogP contribution in [-0.2, 0) is 0 Å². The van der Waals surface area contributed by atoms with Gasteiger partial charge < -0.3 is 5.32 Å². The Morgan fingerprint density at radius 3 is 2.64 bits per heavy atom. The fraction of sp³-hybridized carbons (Fsp3) is 0.762. The maximum Gasteiger partial charge on any atom is 0.271 e. The van der Waals surface area contributed by atoms with Crippen LogP contribution in [-0.4, -0.2) is 22.4 Å². The van der Waals surface area contributed by atoms with E-state index < -0.39 is 0 Å². The molecular formula is C21H35N3O. The van der Waals surface area contributed by atoms with Gasteiger partial charge in [-0.05, 0) is 55.8 Å². The highest BCUT2D eigenvalue weighted by Crippen LogP contribution is 2.36. The van der Waals surface area contributed by atoms with E-state index in [9.17, 15) is 4.79 Å². The van der Waals surface area contributed by atoms with Crippen molar-refractivity contribution in [2.75, 3.05) is 6.54 Å². The molecule has 3 unspecified atom stereocenters. The molecule has 1 saturated carbocycles. The fourth-order valence-electron chi connectivity index (χ4n) is 4.34. The summed E-state index contributed by atoms with van der Waals surface area (Å²) in [5.41, 5.74) is 0.397. The van der Waals surface area contributed by atoms with Crippen LogP contribution in [0.15, 0.2) is 18.6 Å². The molecule has 0 aromatic carbocycles. The number of nitrogens with one attached hydrogen (secondary N) is 1. The third-order valence-corrected chi connectivity index (χ3v) is 5.39. The first-order valence-electron chi connectivity index (χ1n) is 10.1. The van der Waals surface area contributed by atoms with Crippen molar-refractivity contribution in [2.24, 2.45) is 23.7 Å². The standard InChI is InChI=1S/C21H35N3O/c1-16(2)12-18-7-4-8-19(14-18)13-17(3)6-5-9-24-21(25)20-15-22-10-11-23-20/h10-11,15-19H,4-9,12-14H2,1-3H3,(H,24,25). The minimum absolute atomic E-state index is 0.121. The molecule has 0 spiro atoms. The summed E-state index contributed by atoms with van der Waals surface area (Å²) in [6.07, 6.45) is 15.3. The van der Waals surface area contributed by atoms with Gasteiger partial charge >= 0.3 is 0 Å². The first-order chi connectivity index (χ1) is 12.0. The Labute approximate surface area is 153 Å². The van der Waals surface area contributed by atoms with Gasteiger partial charge in [0.05, 0.1) is 6.20 Å². The number of aromatic nitrogens is 2. The van der Waals surface area contributed by atoms with E-state index in [1.54, 1.807) is 12.4 Å². The smallest absolute Gasteiger partial charge is 0.271 e. The van der Waals surface area contributed by atoms with Gasteiger partial charge in [0.1, 0.15) is 5.69 Å². The summed E-state index contributed by atoms with van der Waals surface area (Å²) in [5.74, 6) is 3.33. The van der Waals surface area contributed by atoms with E-state index in [0.29, 0.717) is 5.69 Å². The molecule has 0 bridgehead atoms. The third-order valence-electron chi connectivity index (χ3n) is 5.39. The molecular weight excluding hydrogens is 310 g/mol. The molecule has 140 valence electrons. The summed E-state index contributed by atoms with van der Waals surface area (Å²) in [6, 6.07) is 0. The van der Waals surface area contributed by atoms with Crippen molar-refractivity contribution >= 4 is 5.91 Å². The zero-order valence-corrected chi connectivity index (χ0v) is 16.2. The lowest BCUT2D eigenvalue weighted by Crippen LogP contribution is -2.26. The average Bonchev–Trinajstić information content (AvgIpc) is 2.59. The highest BCUT2D eigenvalue weighted by molar-refractivity contribution is 5.91. The van der Waals surface area contributed by atoms with E-state index in [1.165, 1.54) is 51.1 Å². The van der Waals surface area contributed by atoms with Crippen LogP contribution in [0.5, 0.6) is 0 Å². The maximum absolute atomic E-state index is 11.9. The van der Waals surface area contributed by atoms with Crippen molar-refractivity contribution in [3.8, 4) is 0 Å². The second-order valence-corrected chi connectivity index (χ2v) is 8.36. The number of carbonyl (C=O) groups is 1. The molecule has 0 aliphatic heterocycles. The van der Waals surface area contributed by atoms with E-state index in [0.717, 1.165) is 36.6 Å². The number of amides is 1. The predicted molar refractivity (Wildman–Crippen MR) is 102 cm³/mol. The molecule has 3 atom stereocenters. The van der Waals surface area contributed by atoms with E-state index in [1.807, 2.05) is 0 Å². The third kappa shape index (κ3) is 7.54. The average molecular weight is 346 g/mol. The van der Waals surface area contributed by atoms with Crippen molar-refractivity contribution in [3.05, 3.63) is 24.3 Å². The fourth-order valence-corrected chi connectivity index (χ4v) is 4.34. The minimum atomic E-state index is -0.121. The van der Waals surface area contributed by atoms with Gasteiger partial charge in [-0.2, -0.15) is 0 Å². The van der Waals surface area contributed by atoms with Gasteiger partial charge in [0.25, 0.3) is 5.91 Å². The van der Waals surface area contributed by atoms with Crippen LogP contribution >= 0.6 is 0 Å². The topological polar surface area (TPSA) is 54.9 Å². The lowest BCUT2D eigenvalue weighted by molar-refractivity contribution is 0.0946. The second-order valence-electron chi connectivity index (χ2n) is 8.36. The van der Waals surface area contributed by atoms with Crippen molar-refractivity contribution in [1.29, 1.82) is 0 Å². The van der Waals surface area contributed by atoms with Crippen LogP contribution in [0.1, 0.15) is 82.6 Å². The lowest BCUT2D eigenvalue weighted by atomic mass is 9.74. The molecule has 4 nitrogen and oxygen atoms in total. The van der Waals surface area contributed by atoms with Crippen LogP contribution in [0, 0.1) is 23.7 Å². The summed E-state index contributed by atoms with van der Waals surface area (Å²) >= 11 is 0. The number of carbonyl (C=O) groups excluding carboxylic acids is 1. The number of hydrogen-bond donors (Lipinski definition) is 1. The monoisotopic (exact) mass is 345 g/mol. The van der Waals surface area contributed by atoms with Gasteiger partial charge in [-0.3, -0.25) is 9.78 Å². The van der Waals surface area contributed by atoms with E-state index in [-0.39, 0.29) is 5.91 Å². The van der Waals surface area contributed by atoms with Gasteiger partial charge in [-0.1, -0.05) is 40.0 Å². The zero-order chi connectivity index (χ0) is 18.1. The maximum atomic E-state index is 11.9.